The molecular formula is C17H22O2. The number of benzene rings is 1. The Kier molecular flexibility index (Phi) is 3.86. The molecule has 1 fully saturated rings. The lowest BCUT2D eigenvalue weighted by atomic mass is 9.90. The van der Waals surface area contributed by atoms with Crippen molar-refractivity contribution >= 4 is 5.78 Å². The third-order valence-electron chi connectivity index (χ3n) is 4.52. The van der Waals surface area contributed by atoms with Crippen LogP contribution < -0.4 is 4.74 Å². The normalized spacial score (nSPS) is 19.5. The fourth-order valence-corrected chi connectivity index (χ4v) is 3.41. The van der Waals surface area contributed by atoms with Gasteiger partial charge in [-0.05, 0) is 31.2 Å². The van der Waals surface area contributed by atoms with E-state index in [1.807, 2.05) is 18.2 Å². The lowest BCUT2D eigenvalue weighted by molar-refractivity contribution is 0.0971. The molecule has 2 aliphatic rings. The van der Waals surface area contributed by atoms with Crippen molar-refractivity contribution in [2.24, 2.45) is 5.92 Å². The molecule has 0 aromatic heterocycles. The van der Waals surface area contributed by atoms with Gasteiger partial charge in [0.05, 0.1) is 6.61 Å². The first kappa shape index (κ1) is 12.7. The average molecular weight is 258 g/mol. The Hall–Kier alpha value is -1.31. The summed E-state index contributed by atoms with van der Waals surface area (Å²) in [6, 6.07) is 5.92. The van der Waals surface area contributed by atoms with E-state index >= 15 is 0 Å². The molecule has 3 rings (SSSR count). The summed E-state index contributed by atoms with van der Waals surface area (Å²) in [4.78, 5) is 11.9. The van der Waals surface area contributed by atoms with Crippen LogP contribution in [0.15, 0.2) is 18.2 Å². The van der Waals surface area contributed by atoms with Crippen molar-refractivity contribution in [3.05, 3.63) is 29.3 Å². The summed E-state index contributed by atoms with van der Waals surface area (Å²) in [5.74, 6) is 2.09. The summed E-state index contributed by atoms with van der Waals surface area (Å²) in [5.41, 5.74) is 2.04. The van der Waals surface area contributed by atoms with E-state index < -0.39 is 0 Å². The molecule has 2 aliphatic carbocycles. The van der Waals surface area contributed by atoms with Gasteiger partial charge in [0.15, 0.2) is 5.78 Å². The van der Waals surface area contributed by atoms with Gasteiger partial charge in [0.2, 0.25) is 0 Å². The molecule has 0 unspecified atom stereocenters. The summed E-state index contributed by atoms with van der Waals surface area (Å²) < 4.78 is 5.96. The molecular weight excluding hydrogens is 236 g/mol. The third kappa shape index (κ3) is 2.83. The molecule has 0 N–H and O–H groups in total. The molecule has 19 heavy (non-hydrogen) atoms. The summed E-state index contributed by atoms with van der Waals surface area (Å²) >= 11 is 0. The number of hydrogen-bond donors (Lipinski definition) is 0. The standard InChI is InChI=1S/C17H22O2/c18-16-9-3-8-15-14(16)7-4-10-17(15)19-12-11-13-5-1-2-6-13/h4,7,10,13H,1-3,5-6,8-9,11-12H2. The van der Waals surface area contributed by atoms with Gasteiger partial charge >= 0.3 is 0 Å². The molecule has 1 aromatic rings. The van der Waals surface area contributed by atoms with Crippen LogP contribution in [-0.4, -0.2) is 12.4 Å². The summed E-state index contributed by atoms with van der Waals surface area (Å²) in [6.45, 7) is 0.801. The monoisotopic (exact) mass is 258 g/mol. The van der Waals surface area contributed by atoms with Crippen molar-refractivity contribution in [3.8, 4) is 5.75 Å². The second-order valence-corrected chi connectivity index (χ2v) is 5.85. The molecule has 1 saturated carbocycles. The van der Waals surface area contributed by atoms with Crippen LogP contribution in [0.1, 0.15) is 60.9 Å². The zero-order valence-corrected chi connectivity index (χ0v) is 11.5. The largest absolute Gasteiger partial charge is 0.493 e. The predicted molar refractivity (Wildman–Crippen MR) is 75.8 cm³/mol. The van der Waals surface area contributed by atoms with E-state index in [0.29, 0.717) is 6.42 Å². The van der Waals surface area contributed by atoms with Gasteiger partial charge in [-0.25, -0.2) is 0 Å². The smallest absolute Gasteiger partial charge is 0.163 e. The third-order valence-corrected chi connectivity index (χ3v) is 4.52. The molecule has 1 aromatic carbocycles. The van der Waals surface area contributed by atoms with Crippen LogP contribution in [0.5, 0.6) is 5.75 Å². The minimum Gasteiger partial charge on any atom is -0.493 e. The van der Waals surface area contributed by atoms with Crippen LogP contribution in [-0.2, 0) is 6.42 Å². The predicted octanol–water partition coefficient (Wildman–Crippen LogP) is 4.16. The lowest BCUT2D eigenvalue weighted by Gasteiger charge is -2.19. The maximum Gasteiger partial charge on any atom is 0.163 e. The average Bonchev–Trinajstić information content (AvgIpc) is 2.93. The van der Waals surface area contributed by atoms with Gasteiger partial charge in [0, 0.05) is 17.5 Å². The van der Waals surface area contributed by atoms with Crippen LogP contribution in [0.4, 0.5) is 0 Å². The minimum atomic E-state index is 0.280. The van der Waals surface area contributed by atoms with Crippen molar-refractivity contribution in [1.82, 2.24) is 0 Å². The van der Waals surface area contributed by atoms with E-state index in [2.05, 4.69) is 0 Å². The minimum absolute atomic E-state index is 0.280. The Morgan fingerprint density at radius 2 is 1.95 bits per heavy atom. The van der Waals surface area contributed by atoms with Crippen molar-refractivity contribution in [1.29, 1.82) is 0 Å². The first-order valence-corrected chi connectivity index (χ1v) is 7.62. The summed E-state index contributed by atoms with van der Waals surface area (Å²) in [7, 11) is 0. The second-order valence-electron chi connectivity index (χ2n) is 5.85. The lowest BCUT2D eigenvalue weighted by Crippen LogP contribution is -2.13. The van der Waals surface area contributed by atoms with E-state index in [0.717, 1.165) is 48.7 Å². The topological polar surface area (TPSA) is 26.3 Å². The summed E-state index contributed by atoms with van der Waals surface area (Å²) in [6.07, 6.45) is 9.33. The van der Waals surface area contributed by atoms with E-state index in [1.165, 1.54) is 25.7 Å². The number of carbonyl (C=O) groups excluding carboxylic acids is 1. The van der Waals surface area contributed by atoms with Crippen molar-refractivity contribution in [2.75, 3.05) is 6.61 Å². The van der Waals surface area contributed by atoms with E-state index in [9.17, 15) is 4.79 Å². The molecule has 2 heteroatoms. The fourth-order valence-electron chi connectivity index (χ4n) is 3.41. The Labute approximate surface area is 115 Å². The molecule has 0 aliphatic heterocycles. The van der Waals surface area contributed by atoms with Crippen molar-refractivity contribution < 1.29 is 9.53 Å². The van der Waals surface area contributed by atoms with Crippen LogP contribution in [0.2, 0.25) is 0 Å². The highest BCUT2D eigenvalue weighted by molar-refractivity contribution is 5.99. The molecule has 0 radical (unpaired) electrons. The number of fused-ring (bicyclic) bond motifs is 1. The maximum absolute atomic E-state index is 11.9. The zero-order valence-electron chi connectivity index (χ0n) is 11.5. The number of hydrogen-bond acceptors (Lipinski definition) is 2. The van der Waals surface area contributed by atoms with Crippen LogP contribution in [0.3, 0.4) is 0 Å². The van der Waals surface area contributed by atoms with Gasteiger partial charge in [0.1, 0.15) is 5.75 Å². The molecule has 0 amide bonds. The van der Waals surface area contributed by atoms with Gasteiger partial charge < -0.3 is 4.74 Å². The molecule has 0 heterocycles. The highest BCUT2D eigenvalue weighted by atomic mass is 16.5. The molecule has 102 valence electrons. The van der Waals surface area contributed by atoms with Gasteiger partial charge in [-0.2, -0.15) is 0 Å². The van der Waals surface area contributed by atoms with Crippen LogP contribution >= 0.6 is 0 Å². The van der Waals surface area contributed by atoms with Crippen LogP contribution in [0, 0.1) is 5.92 Å². The first-order valence-electron chi connectivity index (χ1n) is 7.62. The Bertz CT molecular complexity index is 458. The molecule has 0 bridgehead atoms. The number of carbonyl (C=O) groups is 1. The van der Waals surface area contributed by atoms with Gasteiger partial charge in [0.25, 0.3) is 0 Å². The number of ketones is 1. The van der Waals surface area contributed by atoms with Gasteiger partial charge in [-0.1, -0.05) is 37.8 Å². The molecule has 2 nitrogen and oxygen atoms in total. The van der Waals surface area contributed by atoms with Crippen molar-refractivity contribution in [3.63, 3.8) is 0 Å². The highest BCUT2D eigenvalue weighted by Gasteiger charge is 2.20. The number of Topliss-reactive ketones (excluding diaryl/α,β-unsaturated/α-hetero) is 1. The highest BCUT2D eigenvalue weighted by Crippen LogP contribution is 2.31. The first-order chi connectivity index (χ1) is 9.34. The molecule has 0 spiro atoms. The number of ether oxygens (including phenoxy) is 1. The quantitative estimate of drug-likeness (QED) is 0.810. The van der Waals surface area contributed by atoms with Crippen molar-refractivity contribution in [2.45, 2.75) is 51.4 Å². The van der Waals surface area contributed by atoms with Gasteiger partial charge in [-0.15, -0.1) is 0 Å². The SMILES string of the molecule is O=C1CCCc2c(OCCC3CCCC3)cccc21. The maximum atomic E-state index is 11.9. The number of rotatable bonds is 4. The second kappa shape index (κ2) is 5.77. The Balaban J connectivity index is 1.64. The van der Waals surface area contributed by atoms with E-state index in [1.54, 1.807) is 0 Å². The molecule has 0 atom stereocenters. The Morgan fingerprint density at radius 3 is 2.79 bits per heavy atom. The van der Waals surface area contributed by atoms with E-state index in [-0.39, 0.29) is 5.78 Å². The van der Waals surface area contributed by atoms with Gasteiger partial charge in [-0.3, -0.25) is 4.79 Å². The fraction of sp³-hybridized carbons (Fsp3) is 0.588. The zero-order chi connectivity index (χ0) is 13.1. The summed E-state index contributed by atoms with van der Waals surface area (Å²) in [5, 5.41) is 0. The van der Waals surface area contributed by atoms with E-state index in [4.69, 9.17) is 4.74 Å². The van der Waals surface area contributed by atoms with Crippen LogP contribution in [0.25, 0.3) is 0 Å². The molecule has 0 saturated heterocycles. The Morgan fingerprint density at radius 1 is 1.11 bits per heavy atom.